The molecule has 0 unspecified atom stereocenters. The van der Waals surface area contributed by atoms with E-state index in [2.05, 4.69) is 37.2 Å². The normalized spacial score (nSPS) is 15.1. The molecule has 3 rings (SSSR count). The number of thioether (sulfide) groups is 1. The second-order valence-electron chi connectivity index (χ2n) is 5.37. The number of nitrogens with one attached hydrogen (secondary N) is 1. The zero-order chi connectivity index (χ0) is 19.6. The fourth-order valence-electron chi connectivity index (χ4n) is 2.21. The van der Waals surface area contributed by atoms with Crippen LogP contribution in [0.5, 0.6) is 5.75 Å². The number of nitro benzene ring substituents is 1. The summed E-state index contributed by atoms with van der Waals surface area (Å²) >= 11 is 7.71. The molecule has 2 aromatic carbocycles. The van der Waals surface area contributed by atoms with Gasteiger partial charge < -0.3 is 4.74 Å². The monoisotopic (exact) mass is 512 g/mol. The van der Waals surface area contributed by atoms with Gasteiger partial charge in [-0.2, -0.15) is 0 Å². The van der Waals surface area contributed by atoms with Crippen LogP contribution in [0.4, 0.5) is 10.5 Å². The van der Waals surface area contributed by atoms with Crippen LogP contribution in [0.3, 0.4) is 0 Å². The maximum Gasteiger partial charge on any atom is 0.290 e. The third-order valence-corrected chi connectivity index (χ3v) is 5.65. The Labute approximate surface area is 174 Å². The number of amides is 2. The molecule has 27 heavy (non-hydrogen) atoms. The Kier molecular flexibility index (Phi) is 5.98. The number of non-ortho nitro benzene ring substituents is 1. The molecule has 0 radical (unpaired) electrons. The van der Waals surface area contributed by atoms with Crippen molar-refractivity contribution in [1.82, 2.24) is 5.32 Å². The number of halogens is 2. The second-order valence-corrected chi connectivity index (χ2v) is 8.09. The lowest BCUT2D eigenvalue weighted by molar-refractivity contribution is -0.384. The molecule has 1 saturated heterocycles. The van der Waals surface area contributed by atoms with Gasteiger partial charge in [0.15, 0.2) is 0 Å². The minimum Gasteiger partial charge on any atom is -0.489 e. The Morgan fingerprint density at radius 3 is 2.30 bits per heavy atom. The Morgan fingerprint density at radius 2 is 1.78 bits per heavy atom. The van der Waals surface area contributed by atoms with E-state index in [0.29, 0.717) is 25.2 Å². The number of ether oxygens (including phenoxy) is 1. The van der Waals surface area contributed by atoms with Crippen LogP contribution in [0.2, 0.25) is 0 Å². The Bertz CT molecular complexity index is 953. The van der Waals surface area contributed by atoms with Crippen LogP contribution in [0.15, 0.2) is 50.2 Å². The lowest BCUT2D eigenvalue weighted by atomic mass is 10.2. The molecule has 0 bridgehead atoms. The standard InChI is InChI=1S/C17H10Br2N2O5S/c18-13-5-11(26-8-9-1-3-10(4-2-9)21(24)25)6-14(19)12(13)7-15-16(22)20-17(23)27-15/h1-7H,8H2,(H,20,22,23)/b15-7-. The predicted molar refractivity (Wildman–Crippen MR) is 108 cm³/mol. The molecule has 0 atom stereocenters. The number of nitro groups is 1. The molecule has 7 nitrogen and oxygen atoms in total. The van der Waals surface area contributed by atoms with Crippen molar-refractivity contribution in [2.75, 3.05) is 0 Å². The predicted octanol–water partition coefficient (Wildman–Crippen LogP) is 5.02. The van der Waals surface area contributed by atoms with E-state index in [0.717, 1.165) is 17.3 Å². The maximum atomic E-state index is 11.7. The third-order valence-electron chi connectivity index (χ3n) is 3.52. The van der Waals surface area contributed by atoms with Crippen LogP contribution < -0.4 is 10.1 Å². The Hall–Kier alpha value is -2.17. The summed E-state index contributed by atoms with van der Waals surface area (Å²) in [6.07, 6.45) is 1.61. The molecular weight excluding hydrogens is 504 g/mol. The number of benzene rings is 2. The van der Waals surface area contributed by atoms with E-state index < -0.39 is 16.1 Å². The SMILES string of the molecule is O=C1NC(=O)/C(=C/c2c(Br)cc(OCc3ccc([N+](=O)[O-])cc3)cc2Br)S1. The molecule has 1 aliphatic heterocycles. The summed E-state index contributed by atoms with van der Waals surface area (Å²) in [5.74, 6) is 0.135. The summed E-state index contributed by atoms with van der Waals surface area (Å²) in [5, 5.41) is 12.5. The fourth-order valence-corrected chi connectivity index (χ4v) is 4.25. The van der Waals surface area contributed by atoms with Gasteiger partial charge in [0.05, 0.1) is 9.83 Å². The van der Waals surface area contributed by atoms with Crippen molar-refractivity contribution in [3.8, 4) is 5.75 Å². The summed E-state index contributed by atoms with van der Waals surface area (Å²) in [6, 6.07) is 9.59. The van der Waals surface area contributed by atoms with E-state index in [9.17, 15) is 19.7 Å². The van der Waals surface area contributed by atoms with E-state index in [4.69, 9.17) is 4.74 Å². The number of nitrogens with zero attached hydrogens (tertiary/aromatic N) is 1. The second kappa shape index (κ2) is 8.24. The molecule has 2 amide bonds. The molecule has 0 aromatic heterocycles. The van der Waals surface area contributed by atoms with E-state index in [1.807, 2.05) is 0 Å². The van der Waals surface area contributed by atoms with Crippen molar-refractivity contribution in [1.29, 1.82) is 0 Å². The van der Waals surface area contributed by atoms with E-state index in [-0.39, 0.29) is 12.3 Å². The van der Waals surface area contributed by atoms with Crippen molar-refractivity contribution in [2.45, 2.75) is 6.61 Å². The number of hydrogen-bond acceptors (Lipinski definition) is 6. The largest absolute Gasteiger partial charge is 0.489 e. The molecule has 0 spiro atoms. The molecular formula is C17H10Br2N2O5S. The van der Waals surface area contributed by atoms with Crippen LogP contribution in [0.25, 0.3) is 6.08 Å². The average molecular weight is 514 g/mol. The van der Waals surface area contributed by atoms with E-state index >= 15 is 0 Å². The molecule has 0 aliphatic carbocycles. The van der Waals surface area contributed by atoms with E-state index in [1.54, 1.807) is 30.3 Å². The van der Waals surface area contributed by atoms with Crippen molar-refractivity contribution in [3.05, 3.63) is 71.5 Å². The Balaban J connectivity index is 1.74. The first-order valence-corrected chi connectivity index (χ1v) is 9.84. The van der Waals surface area contributed by atoms with Gasteiger partial charge in [-0.3, -0.25) is 25.0 Å². The molecule has 1 fully saturated rings. The van der Waals surface area contributed by atoms with Crippen LogP contribution in [0.1, 0.15) is 11.1 Å². The summed E-state index contributed by atoms with van der Waals surface area (Å²) < 4.78 is 7.08. The van der Waals surface area contributed by atoms with Gasteiger partial charge in [0.1, 0.15) is 12.4 Å². The number of imide groups is 1. The van der Waals surface area contributed by atoms with Gasteiger partial charge in [-0.1, -0.05) is 0 Å². The number of rotatable bonds is 5. The molecule has 1 aliphatic rings. The van der Waals surface area contributed by atoms with Crippen molar-refractivity contribution >= 4 is 66.5 Å². The van der Waals surface area contributed by atoms with Crippen molar-refractivity contribution in [3.63, 3.8) is 0 Å². The molecule has 1 N–H and O–H groups in total. The summed E-state index contributed by atoms with van der Waals surface area (Å²) in [7, 11) is 0. The quantitative estimate of drug-likeness (QED) is 0.342. The highest BCUT2D eigenvalue weighted by Gasteiger charge is 2.25. The van der Waals surface area contributed by atoms with Crippen LogP contribution in [0, 0.1) is 10.1 Å². The van der Waals surface area contributed by atoms with E-state index in [1.165, 1.54) is 12.1 Å². The first-order valence-electron chi connectivity index (χ1n) is 7.43. The molecule has 0 saturated carbocycles. The summed E-state index contributed by atoms with van der Waals surface area (Å²) in [5.41, 5.74) is 1.51. The molecule has 10 heteroatoms. The van der Waals surface area contributed by atoms with Gasteiger partial charge in [-0.25, -0.2) is 0 Å². The topological polar surface area (TPSA) is 98.5 Å². The van der Waals surface area contributed by atoms with Crippen LogP contribution in [-0.2, 0) is 11.4 Å². The zero-order valence-electron chi connectivity index (χ0n) is 13.4. The third kappa shape index (κ3) is 4.76. The highest BCUT2D eigenvalue weighted by atomic mass is 79.9. The summed E-state index contributed by atoms with van der Waals surface area (Å²) in [4.78, 5) is 33.5. The fraction of sp³-hybridized carbons (Fsp3) is 0.0588. The van der Waals surface area contributed by atoms with Gasteiger partial charge in [0.2, 0.25) is 0 Å². The van der Waals surface area contributed by atoms with Crippen molar-refractivity contribution in [2.24, 2.45) is 0 Å². The minimum atomic E-state index is -0.456. The number of carbonyl (C=O) groups is 2. The highest BCUT2D eigenvalue weighted by molar-refractivity contribution is 9.11. The van der Waals surface area contributed by atoms with Crippen molar-refractivity contribution < 1.29 is 19.2 Å². The van der Waals surface area contributed by atoms with Crippen LogP contribution in [-0.4, -0.2) is 16.1 Å². The van der Waals surface area contributed by atoms with Gasteiger partial charge >= 0.3 is 0 Å². The minimum absolute atomic E-state index is 0.0222. The van der Waals surface area contributed by atoms with Crippen LogP contribution >= 0.6 is 43.6 Å². The average Bonchev–Trinajstić information content (AvgIpc) is 2.94. The molecule has 2 aromatic rings. The maximum absolute atomic E-state index is 11.7. The number of hydrogen-bond donors (Lipinski definition) is 1. The lowest BCUT2D eigenvalue weighted by Crippen LogP contribution is -2.17. The highest BCUT2D eigenvalue weighted by Crippen LogP contribution is 2.35. The molecule has 1 heterocycles. The first kappa shape index (κ1) is 19.6. The van der Waals surface area contributed by atoms with Gasteiger partial charge in [0, 0.05) is 26.6 Å². The smallest absolute Gasteiger partial charge is 0.290 e. The van der Waals surface area contributed by atoms with Gasteiger partial charge in [-0.05, 0) is 79.5 Å². The zero-order valence-corrected chi connectivity index (χ0v) is 17.4. The lowest BCUT2D eigenvalue weighted by Gasteiger charge is -2.10. The van der Waals surface area contributed by atoms with Gasteiger partial charge in [-0.15, -0.1) is 0 Å². The van der Waals surface area contributed by atoms with Gasteiger partial charge in [0.25, 0.3) is 16.8 Å². The Morgan fingerprint density at radius 1 is 1.15 bits per heavy atom. The molecule has 138 valence electrons. The summed E-state index contributed by atoms with van der Waals surface area (Å²) in [6.45, 7) is 0.240. The first-order chi connectivity index (χ1) is 12.8. The number of carbonyl (C=O) groups excluding carboxylic acids is 2.